The average molecular weight is 562 g/mol. The van der Waals surface area contributed by atoms with E-state index in [0.717, 1.165) is 28.0 Å². The maximum atomic E-state index is 6.66. The van der Waals surface area contributed by atoms with Gasteiger partial charge in [-0.05, 0) is 89.6 Å². The summed E-state index contributed by atoms with van der Waals surface area (Å²) in [6.45, 7) is 0. The van der Waals surface area contributed by atoms with Crippen LogP contribution in [0.2, 0.25) is 0 Å². The number of nitrogen functional groups attached to an aromatic ring is 1. The zero-order chi connectivity index (χ0) is 29.2. The number of fused-ring (bicyclic) bond motifs is 7. The van der Waals surface area contributed by atoms with E-state index in [1.807, 2.05) is 0 Å². The number of rotatable bonds is 3. The Labute approximate surface area is 254 Å². The van der Waals surface area contributed by atoms with Gasteiger partial charge in [0, 0.05) is 5.56 Å². The number of hydrogen-bond donors (Lipinski definition) is 1. The second kappa shape index (κ2) is 9.55. The molecule has 0 amide bonds. The predicted molar refractivity (Wildman–Crippen MR) is 186 cm³/mol. The largest absolute Gasteiger partial charge is 0.337 e. The maximum Gasteiger partial charge on any atom is 0.159 e. The summed E-state index contributed by atoms with van der Waals surface area (Å²) in [5.74, 6) is 7.41. The first-order valence-electron chi connectivity index (χ1n) is 14.9. The van der Waals surface area contributed by atoms with Gasteiger partial charge in [0.1, 0.15) is 0 Å². The third kappa shape index (κ3) is 3.73. The van der Waals surface area contributed by atoms with Crippen molar-refractivity contribution in [1.29, 1.82) is 0 Å². The quantitative estimate of drug-likeness (QED) is 0.172. The minimum Gasteiger partial charge on any atom is -0.337 e. The fourth-order valence-corrected chi connectivity index (χ4v) is 6.85. The summed E-state index contributed by atoms with van der Waals surface area (Å²) >= 11 is 0. The molecule has 3 heteroatoms. The molecule has 0 aliphatic rings. The molecule has 0 saturated heterocycles. The van der Waals surface area contributed by atoms with Crippen LogP contribution in [0.1, 0.15) is 0 Å². The fraction of sp³-hybridized carbons (Fsp3) is 0. The van der Waals surface area contributed by atoms with Crippen LogP contribution >= 0.6 is 0 Å². The van der Waals surface area contributed by atoms with Gasteiger partial charge in [0.25, 0.3) is 0 Å². The van der Waals surface area contributed by atoms with Crippen LogP contribution in [0.3, 0.4) is 0 Å². The van der Waals surface area contributed by atoms with Crippen LogP contribution in [0.5, 0.6) is 0 Å². The molecular formula is C41H27N3. The first-order valence-corrected chi connectivity index (χ1v) is 14.9. The van der Waals surface area contributed by atoms with Crippen LogP contribution in [0.25, 0.3) is 87.8 Å². The summed E-state index contributed by atoms with van der Waals surface area (Å²) < 4.78 is 1.71. The van der Waals surface area contributed by atoms with Gasteiger partial charge in [-0.25, -0.2) is 9.66 Å². The number of benzene rings is 8. The lowest BCUT2D eigenvalue weighted by atomic mass is 9.93. The van der Waals surface area contributed by atoms with Gasteiger partial charge in [-0.15, -0.1) is 0 Å². The van der Waals surface area contributed by atoms with Crippen LogP contribution in [-0.4, -0.2) is 9.66 Å². The lowest BCUT2D eigenvalue weighted by molar-refractivity contribution is 1.05. The maximum absolute atomic E-state index is 6.66. The Morgan fingerprint density at radius 1 is 0.409 bits per heavy atom. The molecule has 206 valence electrons. The Kier molecular flexibility index (Phi) is 5.35. The summed E-state index contributed by atoms with van der Waals surface area (Å²) in [6.07, 6.45) is 0. The van der Waals surface area contributed by atoms with Gasteiger partial charge < -0.3 is 5.84 Å². The van der Waals surface area contributed by atoms with Gasteiger partial charge in [-0.3, -0.25) is 0 Å². The monoisotopic (exact) mass is 561 g/mol. The summed E-state index contributed by atoms with van der Waals surface area (Å²) in [4.78, 5) is 5.04. The predicted octanol–water partition coefficient (Wildman–Crippen LogP) is 10.4. The van der Waals surface area contributed by atoms with E-state index in [9.17, 15) is 0 Å². The van der Waals surface area contributed by atoms with E-state index in [1.165, 1.54) is 59.8 Å². The van der Waals surface area contributed by atoms with Crippen LogP contribution in [0.15, 0.2) is 152 Å². The lowest BCUT2D eigenvalue weighted by Crippen LogP contribution is -2.09. The molecule has 9 aromatic rings. The van der Waals surface area contributed by atoms with E-state index in [0.29, 0.717) is 0 Å². The lowest BCUT2D eigenvalue weighted by Gasteiger charge is -2.11. The van der Waals surface area contributed by atoms with Crippen molar-refractivity contribution in [2.45, 2.75) is 0 Å². The normalized spacial score (nSPS) is 11.7. The van der Waals surface area contributed by atoms with Crippen molar-refractivity contribution in [3.8, 4) is 33.6 Å². The molecule has 0 unspecified atom stereocenters. The topological polar surface area (TPSA) is 43.8 Å². The highest BCUT2D eigenvalue weighted by molar-refractivity contribution is 6.15. The molecule has 0 aliphatic heterocycles. The van der Waals surface area contributed by atoms with Crippen molar-refractivity contribution in [3.05, 3.63) is 152 Å². The van der Waals surface area contributed by atoms with Gasteiger partial charge in [0.05, 0.1) is 11.0 Å². The van der Waals surface area contributed by atoms with Crippen molar-refractivity contribution in [2.75, 3.05) is 5.84 Å². The second-order valence-corrected chi connectivity index (χ2v) is 11.5. The van der Waals surface area contributed by atoms with Gasteiger partial charge in [-0.2, -0.15) is 0 Å². The Hall–Kier alpha value is -5.93. The standard InChI is InChI=1S/C41H27N3/c42-44-40-22-21-30(38-24-29-10-2-4-12-32(29)34-14-6-8-16-36(34)38)25-39(40)43-41(44)27-19-17-26(18-20-27)37-23-28-9-1-3-11-31(28)33-13-5-7-15-35(33)37/h1-25H,42H2. The van der Waals surface area contributed by atoms with E-state index in [1.54, 1.807) is 4.68 Å². The molecule has 0 saturated carbocycles. The van der Waals surface area contributed by atoms with Crippen molar-refractivity contribution >= 4 is 54.1 Å². The number of imidazole rings is 1. The van der Waals surface area contributed by atoms with E-state index < -0.39 is 0 Å². The average Bonchev–Trinajstić information content (AvgIpc) is 3.43. The molecule has 0 spiro atoms. The molecule has 1 heterocycles. The highest BCUT2D eigenvalue weighted by Crippen LogP contribution is 2.38. The second-order valence-electron chi connectivity index (χ2n) is 11.5. The van der Waals surface area contributed by atoms with E-state index in [-0.39, 0.29) is 0 Å². The summed E-state index contributed by atoms with van der Waals surface area (Å²) in [7, 11) is 0. The Morgan fingerprint density at radius 2 is 0.864 bits per heavy atom. The Bertz CT molecular complexity index is 2560. The van der Waals surface area contributed by atoms with E-state index >= 15 is 0 Å². The smallest absolute Gasteiger partial charge is 0.159 e. The molecule has 0 atom stereocenters. The molecule has 8 aromatic carbocycles. The first kappa shape index (κ1) is 24.6. The minimum absolute atomic E-state index is 0.746. The molecule has 44 heavy (non-hydrogen) atoms. The highest BCUT2D eigenvalue weighted by Gasteiger charge is 2.15. The summed E-state index contributed by atoms with van der Waals surface area (Å²) in [5.41, 5.74) is 7.47. The van der Waals surface area contributed by atoms with Crippen molar-refractivity contribution < 1.29 is 0 Å². The van der Waals surface area contributed by atoms with Crippen molar-refractivity contribution in [1.82, 2.24) is 9.66 Å². The zero-order valence-electron chi connectivity index (χ0n) is 23.9. The summed E-state index contributed by atoms with van der Waals surface area (Å²) in [6, 6.07) is 54.0. The molecule has 0 fully saturated rings. The number of aromatic nitrogens is 2. The van der Waals surface area contributed by atoms with Crippen LogP contribution in [-0.2, 0) is 0 Å². The van der Waals surface area contributed by atoms with Crippen molar-refractivity contribution in [2.24, 2.45) is 0 Å². The molecule has 0 radical (unpaired) electrons. The Morgan fingerprint density at radius 3 is 1.45 bits per heavy atom. The molecule has 1 aromatic heterocycles. The molecular weight excluding hydrogens is 534 g/mol. The molecule has 2 N–H and O–H groups in total. The minimum atomic E-state index is 0.746. The van der Waals surface area contributed by atoms with Crippen LogP contribution < -0.4 is 5.84 Å². The van der Waals surface area contributed by atoms with E-state index in [2.05, 4.69) is 152 Å². The Balaban J connectivity index is 1.14. The van der Waals surface area contributed by atoms with Crippen LogP contribution in [0.4, 0.5) is 0 Å². The van der Waals surface area contributed by atoms with Gasteiger partial charge in [0.2, 0.25) is 0 Å². The fourth-order valence-electron chi connectivity index (χ4n) is 6.85. The molecule has 3 nitrogen and oxygen atoms in total. The SMILES string of the molecule is Nn1c(-c2ccc(-c3cc4ccccc4c4ccccc34)cc2)nc2cc(-c3cc4ccccc4c4ccccc34)ccc21. The van der Waals surface area contributed by atoms with E-state index in [4.69, 9.17) is 10.8 Å². The number of nitrogens with two attached hydrogens (primary N) is 1. The van der Waals surface area contributed by atoms with Gasteiger partial charge in [-0.1, -0.05) is 127 Å². The van der Waals surface area contributed by atoms with Crippen molar-refractivity contribution in [3.63, 3.8) is 0 Å². The zero-order valence-corrected chi connectivity index (χ0v) is 23.9. The number of hydrogen-bond acceptors (Lipinski definition) is 2. The summed E-state index contributed by atoms with van der Waals surface area (Å²) in [5, 5.41) is 10.0. The first-order chi connectivity index (χ1) is 21.7. The highest BCUT2D eigenvalue weighted by atomic mass is 15.3. The third-order valence-corrected chi connectivity index (χ3v) is 8.99. The third-order valence-electron chi connectivity index (χ3n) is 8.99. The molecule has 9 rings (SSSR count). The van der Waals surface area contributed by atoms with Gasteiger partial charge >= 0.3 is 0 Å². The van der Waals surface area contributed by atoms with Gasteiger partial charge in [0.15, 0.2) is 5.82 Å². The molecule has 0 aliphatic carbocycles. The number of nitrogens with zero attached hydrogens (tertiary/aromatic N) is 2. The van der Waals surface area contributed by atoms with Crippen LogP contribution in [0, 0.1) is 0 Å². The molecule has 0 bridgehead atoms.